The monoisotopic (exact) mass is 328 g/mol. The second-order valence-electron chi connectivity index (χ2n) is 5.81. The fourth-order valence-corrected chi connectivity index (χ4v) is 2.38. The van der Waals surface area contributed by atoms with E-state index in [0.717, 1.165) is 90.9 Å². The highest BCUT2D eigenvalue weighted by molar-refractivity contribution is 5.79. The molecule has 1 saturated heterocycles. The number of rotatable bonds is 12. The molecule has 0 aromatic heterocycles. The molecule has 23 heavy (non-hydrogen) atoms. The van der Waals surface area contributed by atoms with E-state index in [1.54, 1.807) is 0 Å². The molecule has 0 bridgehead atoms. The first-order chi connectivity index (χ1) is 11.4. The Morgan fingerprint density at radius 1 is 1.09 bits per heavy atom. The molecule has 0 spiro atoms. The number of nitrogens with one attached hydrogen (secondary N) is 2. The average Bonchev–Trinajstić information content (AvgIpc) is 2.58. The lowest BCUT2D eigenvalue weighted by molar-refractivity contribution is 0.0376. The molecule has 0 unspecified atom stereocenters. The van der Waals surface area contributed by atoms with Crippen LogP contribution >= 0.6 is 0 Å². The van der Waals surface area contributed by atoms with Crippen molar-refractivity contribution in [3.8, 4) is 0 Å². The molecule has 1 rings (SSSR count). The predicted octanol–water partition coefficient (Wildman–Crippen LogP) is 1.47. The van der Waals surface area contributed by atoms with Crippen LogP contribution in [0.4, 0.5) is 0 Å². The van der Waals surface area contributed by atoms with Crippen LogP contribution in [0.1, 0.15) is 39.5 Å². The highest BCUT2D eigenvalue weighted by atomic mass is 16.5. The molecule has 6 nitrogen and oxygen atoms in total. The lowest BCUT2D eigenvalue weighted by atomic mass is 10.3. The minimum atomic E-state index is 0.805. The molecule has 0 aromatic carbocycles. The van der Waals surface area contributed by atoms with Crippen molar-refractivity contribution in [2.75, 3.05) is 65.7 Å². The van der Waals surface area contributed by atoms with Gasteiger partial charge in [0.15, 0.2) is 5.96 Å². The Morgan fingerprint density at radius 2 is 1.87 bits per heavy atom. The Morgan fingerprint density at radius 3 is 2.61 bits per heavy atom. The summed E-state index contributed by atoms with van der Waals surface area (Å²) in [6.45, 7) is 13.6. The van der Waals surface area contributed by atoms with Crippen molar-refractivity contribution in [1.82, 2.24) is 15.5 Å². The van der Waals surface area contributed by atoms with Crippen LogP contribution < -0.4 is 10.6 Å². The summed E-state index contributed by atoms with van der Waals surface area (Å²) in [5.74, 6) is 0.919. The van der Waals surface area contributed by atoms with E-state index in [-0.39, 0.29) is 0 Å². The highest BCUT2D eigenvalue weighted by Gasteiger charge is 2.09. The normalized spacial score (nSPS) is 16.5. The molecule has 0 amide bonds. The third kappa shape index (κ3) is 11.3. The summed E-state index contributed by atoms with van der Waals surface area (Å²) in [5.41, 5.74) is 0. The molecule has 1 fully saturated rings. The van der Waals surface area contributed by atoms with Gasteiger partial charge in [0.2, 0.25) is 0 Å². The van der Waals surface area contributed by atoms with Gasteiger partial charge in [0.25, 0.3) is 0 Å². The zero-order valence-electron chi connectivity index (χ0n) is 15.1. The summed E-state index contributed by atoms with van der Waals surface area (Å²) >= 11 is 0. The summed E-state index contributed by atoms with van der Waals surface area (Å²) in [6, 6.07) is 0. The highest BCUT2D eigenvalue weighted by Crippen LogP contribution is 1.97. The summed E-state index contributed by atoms with van der Waals surface area (Å²) in [4.78, 5) is 7.06. The third-order valence-corrected chi connectivity index (χ3v) is 3.75. The first kappa shape index (κ1) is 20.2. The first-order valence-electron chi connectivity index (χ1n) is 9.26. The number of hydrogen-bond acceptors (Lipinski definition) is 4. The largest absolute Gasteiger partial charge is 0.381 e. The number of hydrogen-bond donors (Lipinski definition) is 2. The molecular weight excluding hydrogens is 292 g/mol. The van der Waals surface area contributed by atoms with E-state index in [4.69, 9.17) is 9.47 Å². The van der Waals surface area contributed by atoms with E-state index in [9.17, 15) is 0 Å². The second-order valence-corrected chi connectivity index (χ2v) is 5.81. The molecule has 136 valence electrons. The topological polar surface area (TPSA) is 58.1 Å². The van der Waals surface area contributed by atoms with Gasteiger partial charge < -0.3 is 20.1 Å². The van der Waals surface area contributed by atoms with E-state index >= 15 is 0 Å². The van der Waals surface area contributed by atoms with Gasteiger partial charge in [0.1, 0.15) is 0 Å². The Kier molecular flexibility index (Phi) is 12.9. The van der Waals surface area contributed by atoms with E-state index in [1.165, 1.54) is 6.42 Å². The molecule has 2 N–H and O–H groups in total. The molecular formula is C17H36N4O2. The van der Waals surface area contributed by atoms with Gasteiger partial charge in [0, 0.05) is 45.9 Å². The van der Waals surface area contributed by atoms with Crippen LogP contribution in [-0.4, -0.2) is 76.6 Å². The summed E-state index contributed by atoms with van der Waals surface area (Å²) in [6.07, 6.45) is 4.45. The van der Waals surface area contributed by atoms with Crippen molar-refractivity contribution in [2.24, 2.45) is 4.99 Å². The molecule has 1 aliphatic heterocycles. The molecule has 6 heteroatoms. The maximum absolute atomic E-state index is 5.56. The maximum atomic E-state index is 5.56. The summed E-state index contributed by atoms with van der Waals surface area (Å²) in [5, 5.41) is 6.71. The lowest BCUT2D eigenvalue weighted by Crippen LogP contribution is -2.40. The van der Waals surface area contributed by atoms with Crippen LogP contribution in [-0.2, 0) is 9.47 Å². The van der Waals surface area contributed by atoms with Crippen LogP contribution in [0.5, 0.6) is 0 Å². The van der Waals surface area contributed by atoms with Gasteiger partial charge in [0.05, 0.1) is 13.2 Å². The van der Waals surface area contributed by atoms with Gasteiger partial charge in [-0.1, -0.05) is 13.3 Å². The van der Waals surface area contributed by atoms with Crippen molar-refractivity contribution in [2.45, 2.75) is 39.5 Å². The Labute approximate surface area is 142 Å². The second kappa shape index (κ2) is 14.7. The Bertz CT molecular complexity index is 294. The molecule has 0 saturated carbocycles. The zero-order valence-corrected chi connectivity index (χ0v) is 15.1. The number of morpholine rings is 1. The predicted molar refractivity (Wildman–Crippen MR) is 96.2 cm³/mol. The minimum Gasteiger partial charge on any atom is -0.381 e. The Hall–Kier alpha value is -0.850. The van der Waals surface area contributed by atoms with Crippen molar-refractivity contribution in [3.63, 3.8) is 0 Å². The lowest BCUT2D eigenvalue weighted by Gasteiger charge is -2.26. The quantitative estimate of drug-likeness (QED) is 0.323. The van der Waals surface area contributed by atoms with Gasteiger partial charge in [-0.25, -0.2) is 0 Å². The van der Waals surface area contributed by atoms with Crippen LogP contribution in [0.2, 0.25) is 0 Å². The smallest absolute Gasteiger partial charge is 0.191 e. The molecule has 1 aliphatic rings. The van der Waals surface area contributed by atoms with Crippen LogP contribution in [0.25, 0.3) is 0 Å². The van der Waals surface area contributed by atoms with Crippen LogP contribution in [0.15, 0.2) is 4.99 Å². The number of nitrogens with zero attached hydrogens (tertiary/aromatic N) is 2. The van der Waals surface area contributed by atoms with E-state index in [2.05, 4.69) is 34.4 Å². The van der Waals surface area contributed by atoms with Crippen LogP contribution in [0, 0.1) is 0 Å². The number of unbranched alkanes of at least 4 members (excludes halogenated alkanes) is 1. The molecule has 0 aliphatic carbocycles. The van der Waals surface area contributed by atoms with Crippen molar-refractivity contribution in [3.05, 3.63) is 0 Å². The molecule has 0 atom stereocenters. The van der Waals surface area contributed by atoms with E-state index in [1.807, 2.05) is 0 Å². The maximum Gasteiger partial charge on any atom is 0.191 e. The van der Waals surface area contributed by atoms with Gasteiger partial charge in [-0.3, -0.25) is 9.89 Å². The molecule has 0 radical (unpaired) electrons. The number of ether oxygens (including phenoxy) is 2. The summed E-state index contributed by atoms with van der Waals surface area (Å²) < 4.78 is 10.9. The zero-order chi connectivity index (χ0) is 16.6. The number of aliphatic imine (C=N–C) groups is 1. The van der Waals surface area contributed by atoms with Gasteiger partial charge >= 0.3 is 0 Å². The first-order valence-corrected chi connectivity index (χ1v) is 9.26. The third-order valence-electron chi connectivity index (χ3n) is 3.75. The Balaban J connectivity index is 2.06. The molecule has 0 aromatic rings. The summed E-state index contributed by atoms with van der Waals surface area (Å²) in [7, 11) is 0. The average molecular weight is 329 g/mol. The van der Waals surface area contributed by atoms with E-state index in [0.29, 0.717) is 0 Å². The van der Waals surface area contributed by atoms with Gasteiger partial charge in [-0.15, -0.1) is 0 Å². The SMILES string of the molecule is CCCCOCCCN=C(NCC)NCCCN1CCOCC1. The van der Waals surface area contributed by atoms with Gasteiger partial charge in [-0.05, 0) is 32.7 Å². The van der Waals surface area contributed by atoms with Crippen LogP contribution in [0.3, 0.4) is 0 Å². The van der Waals surface area contributed by atoms with Crippen molar-refractivity contribution < 1.29 is 9.47 Å². The fraction of sp³-hybridized carbons (Fsp3) is 0.941. The van der Waals surface area contributed by atoms with Crippen molar-refractivity contribution >= 4 is 5.96 Å². The standard InChI is InChI=1S/C17H36N4O2/c1-3-5-13-22-14-7-9-20-17(18-4-2)19-8-6-10-21-11-15-23-16-12-21/h3-16H2,1-2H3,(H2,18,19,20). The number of guanidine groups is 1. The van der Waals surface area contributed by atoms with Crippen molar-refractivity contribution in [1.29, 1.82) is 0 Å². The molecule has 1 heterocycles. The van der Waals surface area contributed by atoms with E-state index < -0.39 is 0 Å². The minimum absolute atomic E-state index is 0.805. The van der Waals surface area contributed by atoms with Gasteiger partial charge in [-0.2, -0.15) is 0 Å². The fourth-order valence-electron chi connectivity index (χ4n) is 2.38.